The van der Waals surface area contributed by atoms with Crippen LogP contribution in [-0.2, 0) is 16.9 Å². The number of anilines is 1. The van der Waals surface area contributed by atoms with E-state index in [1.807, 2.05) is 17.8 Å². The van der Waals surface area contributed by atoms with Gasteiger partial charge in [0.15, 0.2) is 0 Å². The Bertz CT molecular complexity index is 1160. The Balaban J connectivity index is 1.47. The minimum atomic E-state index is -0.247. The van der Waals surface area contributed by atoms with Gasteiger partial charge in [-0.3, -0.25) is 14.0 Å². The third-order valence-electron chi connectivity index (χ3n) is 5.13. The summed E-state index contributed by atoms with van der Waals surface area (Å²) >= 11 is 1.82. The predicted octanol–water partition coefficient (Wildman–Crippen LogP) is 1.09. The number of fused-ring (bicyclic) bond motifs is 2. The van der Waals surface area contributed by atoms with E-state index in [1.165, 1.54) is 15.1 Å². The van der Waals surface area contributed by atoms with Crippen LogP contribution in [0.1, 0.15) is 17.3 Å². The molecule has 3 aromatic heterocycles. The Morgan fingerprint density at radius 2 is 2.11 bits per heavy atom. The maximum atomic E-state index is 12.6. The van der Waals surface area contributed by atoms with Gasteiger partial charge in [0.2, 0.25) is 0 Å². The molecule has 0 spiro atoms. The van der Waals surface area contributed by atoms with Crippen LogP contribution in [0.5, 0.6) is 0 Å². The van der Waals surface area contributed by atoms with Crippen LogP contribution in [0.3, 0.4) is 0 Å². The molecule has 1 fully saturated rings. The number of ether oxygens (including phenoxy) is 1. The van der Waals surface area contributed by atoms with Crippen molar-refractivity contribution in [1.82, 2.24) is 19.2 Å². The Hall–Kier alpha value is -2.65. The predicted molar refractivity (Wildman–Crippen MR) is 107 cm³/mol. The molecule has 0 amide bonds. The van der Waals surface area contributed by atoms with Gasteiger partial charge in [-0.25, -0.2) is 9.67 Å². The molecule has 0 aliphatic carbocycles. The molecular weight excluding hydrogens is 378 g/mol. The molecule has 0 radical (unpaired) electrons. The number of hydrogen-bond donors (Lipinski definition) is 1. The maximum Gasteiger partial charge on any atom is 0.267 e. The molecular formula is C19H19N5O3S. The number of rotatable bonds is 3. The van der Waals surface area contributed by atoms with E-state index in [0.29, 0.717) is 24.7 Å². The highest BCUT2D eigenvalue weighted by Crippen LogP contribution is 2.24. The third kappa shape index (κ3) is 3.10. The van der Waals surface area contributed by atoms with Crippen molar-refractivity contribution in [2.75, 3.05) is 24.3 Å². The van der Waals surface area contributed by atoms with Crippen LogP contribution in [0.15, 0.2) is 46.1 Å². The van der Waals surface area contributed by atoms with Crippen LogP contribution in [0.25, 0.3) is 5.65 Å². The van der Waals surface area contributed by atoms with Gasteiger partial charge in [-0.1, -0.05) is 6.07 Å². The fourth-order valence-electron chi connectivity index (χ4n) is 3.71. The van der Waals surface area contributed by atoms with Gasteiger partial charge in [-0.2, -0.15) is 16.9 Å². The summed E-state index contributed by atoms with van der Waals surface area (Å²) in [4.78, 5) is 29.5. The van der Waals surface area contributed by atoms with Crippen LogP contribution in [0.4, 0.5) is 5.82 Å². The number of nitrogens with zero attached hydrogens (tertiary/aromatic N) is 4. The lowest BCUT2D eigenvalue weighted by molar-refractivity contribution is 0.182. The highest BCUT2D eigenvalue weighted by Gasteiger charge is 2.32. The normalized spacial score (nSPS) is 21.6. The zero-order valence-corrected chi connectivity index (χ0v) is 15.9. The van der Waals surface area contributed by atoms with Gasteiger partial charge in [0.25, 0.3) is 11.1 Å². The van der Waals surface area contributed by atoms with Crippen LogP contribution < -0.4 is 16.4 Å². The largest absolute Gasteiger partial charge is 0.377 e. The fourth-order valence-corrected chi connectivity index (χ4v) is 4.66. The molecule has 2 aliphatic rings. The summed E-state index contributed by atoms with van der Waals surface area (Å²) in [5, 5.41) is 7.92. The number of nitrogens with one attached hydrogen (secondary N) is 1. The molecule has 2 unspecified atom stereocenters. The molecule has 5 heterocycles. The van der Waals surface area contributed by atoms with E-state index in [0.717, 1.165) is 29.2 Å². The van der Waals surface area contributed by atoms with Crippen molar-refractivity contribution < 1.29 is 4.74 Å². The average molecular weight is 397 g/mol. The Morgan fingerprint density at radius 1 is 1.18 bits per heavy atom. The fraction of sp³-hybridized carbons (Fsp3) is 0.368. The molecule has 2 aliphatic heterocycles. The van der Waals surface area contributed by atoms with Crippen molar-refractivity contribution >= 4 is 23.2 Å². The lowest BCUT2D eigenvalue weighted by atomic mass is 10.1. The van der Waals surface area contributed by atoms with Crippen LogP contribution >= 0.6 is 11.8 Å². The SMILES string of the molecule is O=c1cc2c(nn1C1COCC1Nc1cc(=O)n3ccccc3n1)CCSC2. The Kier molecular flexibility index (Phi) is 4.40. The number of aryl methyl sites for hydroxylation is 1. The van der Waals surface area contributed by atoms with Crippen molar-refractivity contribution in [3.63, 3.8) is 0 Å². The maximum absolute atomic E-state index is 12.6. The second-order valence-corrected chi connectivity index (χ2v) is 8.07. The summed E-state index contributed by atoms with van der Waals surface area (Å²) in [7, 11) is 0. The molecule has 1 N–H and O–H groups in total. The molecule has 0 aromatic carbocycles. The average Bonchev–Trinajstić information content (AvgIpc) is 3.15. The second-order valence-electron chi connectivity index (χ2n) is 6.97. The van der Waals surface area contributed by atoms with Gasteiger partial charge < -0.3 is 10.1 Å². The van der Waals surface area contributed by atoms with Crippen LogP contribution in [-0.4, -0.2) is 44.2 Å². The number of pyridine rings is 1. The van der Waals surface area contributed by atoms with E-state index in [9.17, 15) is 9.59 Å². The monoisotopic (exact) mass is 397 g/mol. The van der Waals surface area contributed by atoms with E-state index >= 15 is 0 Å². The molecule has 2 atom stereocenters. The molecule has 0 bridgehead atoms. The zero-order valence-electron chi connectivity index (χ0n) is 15.1. The molecule has 1 saturated heterocycles. The summed E-state index contributed by atoms with van der Waals surface area (Å²) in [6.45, 7) is 0.812. The van der Waals surface area contributed by atoms with Gasteiger partial charge >= 0.3 is 0 Å². The molecule has 8 nitrogen and oxygen atoms in total. The first-order valence-corrected chi connectivity index (χ1v) is 10.4. The quantitative estimate of drug-likeness (QED) is 0.708. The van der Waals surface area contributed by atoms with E-state index < -0.39 is 0 Å². The van der Waals surface area contributed by atoms with Gasteiger partial charge in [-0.15, -0.1) is 0 Å². The van der Waals surface area contributed by atoms with Gasteiger partial charge in [-0.05, 0) is 23.4 Å². The van der Waals surface area contributed by atoms with Crippen LogP contribution in [0.2, 0.25) is 0 Å². The van der Waals surface area contributed by atoms with E-state index in [-0.39, 0.29) is 23.2 Å². The number of hydrogen-bond acceptors (Lipinski definition) is 7. The van der Waals surface area contributed by atoms with Gasteiger partial charge in [0.1, 0.15) is 17.5 Å². The Labute approximate surface area is 164 Å². The van der Waals surface area contributed by atoms with Crippen LogP contribution in [0, 0.1) is 0 Å². The molecule has 5 rings (SSSR count). The molecule has 144 valence electrons. The van der Waals surface area contributed by atoms with Gasteiger partial charge in [0, 0.05) is 30.5 Å². The molecule has 9 heteroatoms. The number of aromatic nitrogens is 4. The highest BCUT2D eigenvalue weighted by atomic mass is 32.2. The molecule has 3 aromatic rings. The minimum Gasteiger partial charge on any atom is -0.377 e. The lowest BCUT2D eigenvalue weighted by Gasteiger charge is -2.23. The van der Waals surface area contributed by atoms with Gasteiger partial charge in [0.05, 0.1) is 24.9 Å². The second kappa shape index (κ2) is 7.06. The minimum absolute atomic E-state index is 0.116. The smallest absolute Gasteiger partial charge is 0.267 e. The molecule has 0 saturated carbocycles. The topological polar surface area (TPSA) is 90.5 Å². The van der Waals surface area contributed by atoms with Crippen molar-refractivity contribution in [3.05, 3.63) is 68.5 Å². The third-order valence-corrected chi connectivity index (χ3v) is 6.14. The van der Waals surface area contributed by atoms with E-state index in [2.05, 4.69) is 15.4 Å². The first-order valence-electron chi connectivity index (χ1n) is 9.21. The standard InChI is InChI=1S/C19H19N5O3S/c25-18-8-16(21-17-3-1-2-5-23(17)18)20-14-9-27-10-15(14)24-19(26)7-12-11-28-6-4-13(12)22-24/h1-3,5,7-8,14-15,20H,4,6,9-11H2. The first-order chi connectivity index (χ1) is 13.7. The molecule has 28 heavy (non-hydrogen) atoms. The van der Waals surface area contributed by atoms with Crippen molar-refractivity contribution in [2.24, 2.45) is 0 Å². The number of thioether (sulfide) groups is 1. The summed E-state index contributed by atoms with van der Waals surface area (Å²) in [6, 6.07) is 8.12. The van der Waals surface area contributed by atoms with Crippen molar-refractivity contribution in [2.45, 2.75) is 24.3 Å². The lowest BCUT2D eigenvalue weighted by Crippen LogP contribution is -2.38. The highest BCUT2D eigenvalue weighted by molar-refractivity contribution is 7.98. The van der Waals surface area contributed by atoms with E-state index in [4.69, 9.17) is 4.74 Å². The zero-order chi connectivity index (χ0) is 19.1. The van der Waals surface area contributed by atoms with E-state index in [1.54, 1.807) is 24.4 Å². The summed E-state index contributed by atoms with van der Waals surface area (Å²) in [5.41, 5.74) is 2.31. The summed E-state index contributed by atoms with van der Waals surface area (Å²) in [6.07, 6.45) is 2.56. The summed E-state index contributed by atoms with van der Waals surface area (Å²) < 4.78 is 8.66. The Morgan fingerprint density at radius 3 is 3.04 bits per heavy atom. The van der Waals surface area contributed by atoms with Crippen molar-refractivity contribution in [3.8, 4) is 0 Å². The van der Waals surface area contributed by atoms with Crippen molar-refractivity contribution in [1.29, 1.82) is 0 Å². The first kappa shape index (κ1) is 17.4. The summed E-state index contributed by atoms with van der Waals surface area (Å²) in [5.74, 6) is 2.33.